The highest BCUT2D eigenvalue weighted by Gasteiger charge is 2.50. The molecule has 2 heterocycles. The summed E-state index contributed by atoms with van der Waals surface area (Å²) in [6.07, 6.45) is -0.460. The maximum Gasteiger partial charge on any atom is 0.227 e. The van der Waals surface area contributed by atoms with Crippen LogP contribution in [0.5, 0.6) is 5.75 Å². The van der Waals surface area contributed by atoms with Crippen LogP contribution in [0.2, 0.25) is 0 Å². The Morgan fingerprint density at radius 3 is 2.52 bits per heavy atom. The van der Waals surface area contributed by atoms with E-state index in [0.29, 0.717) is 11.4 Å². The van der Waals surface area contributed by atoms with Gasteiger partial charge in [0.05, 0.1) is 13.7 Å². The smallest absolute Gasteiger partial charge is 0.227 e. The lowest BCUT2D eigenvalue weighted by Crippen LogP contribution is -2.53. The van der Waals surface area contributed by atoms with Crippen LogP contribution in [0.3, 0.4) is 0 Å². The Morgan fingerprint density at radius 2 is 2.00 bits per heavy atom. The summed E-state index contributed by atoms with van der Waals surface area (Å²) < 4.78 is 30.2. The van der Waals surface area contributed by atoms with Gasteiger partial charge in [-0.2, -0.15) is 0 Å². The minimum Gasteiger partial charge on any atom is -0.497 e. The topological polar surface area (TPSA) is 51.2 Å². The number of anilines is 1. The number of nitrogens with zero attached hydrogens (tertiary/aromatic N) is 1. The Morgan fingerprint density at radius 1 is 1.33 bits per heavy atom. The maximum atomic E-state index is 14.0. The highest BCUT2D eigenvalue weighted by Crippen LogP contribution is 2.41. The molecule has 0 saturated carbocycles. The van der Waals surface area contributed by atoms with Crippen LogP contribution >= 0.6 is 0 Å². The molecule has 2 aliphatic rings. The third-order valence-electron chi connectivity index (χ3n) is 3.71. The first-order valence-electron chi connectivity index (χ1n) is 6.76. The van der Waals surface area contributed by atoms with Crippen molar-refractivity contribution in [2.45, 2.75) is 31.8 Å². The first-order chi connectivity index (χ1) is 9.93. The van der Waals surface area contributed by atoms with Crippen LogP contribution in [0.1, 0.15) is 13.8 Å². The molecule has 1 aromatic rings. The number of ether oxygens (including phenoxy) is 3. The maximum absolute atomic E-state index is 14.0. The Hall–Kier alpha value is -1.79. The van der Waals surface area contributed by atoms with E-state index in [9.17, 15) is 9.50 Å². The molecule has 1 fully saturated rings. The Kier molecular flexibility index (Phi) is 3.30. The first-order valence-corrected chi connectivity index (χ1v) is 6.76. The second-order valence-corrected chi connectivity index (χ2v) is 5.55. The van der Waals surface area contributed by atoms with Gasteiger partial charge in [-0.1, -0.05) is 0 Å². The molecular weight excluding hydrogens is 277 g/mol. The van der Waals surface area contributed by atoms with Crippen molar-refractivity contribution in [3.05, 3.63) is 36.0 Å². The molecule has 0 amide bonds. The fourth-order valence-electron chi connectivity index (χ4n) is 2.65. The second kappa shape index (κ2) is 4.89. The van der Waals surface area contributed by atoms with E-state index in [1.54, 1.807) is 45.2 Å². The minimum absolute atomic E-state index is 0.283. The van der Waals surface area contributed by atoms with E-state index in [1.165, 1.54) is 4.90 Å². The van der Waals surface area contributed by atoms with Gasteiger partial charge in [0, 0.05) is 5.69 Å². The molecule has 1 saturated heterocycles. The fourth-order valence-corrected chi connectivity index (χ4v) is 2.65. The lowest BCUT2D eigenvalue weighted by atomic mass is 10.0. The van der Waals surface area contributed by atoms with Crippen molar-refractivity contribution in [3.63, 3.8) is 0 Å². The molecule has 21 heavy (non-hydrogen) atoms. The van der Waals surface area contributed by atoms with Crippen LogP contribution in [0.15, 0.2) is 36.0 Å². The van der Waals surface area contributed by atoms with Gasteiger partial charge >= 0.3 is 0 Å². The molecular formula is C15H18FNO4. The molecule has 3 rings (SSSR count). The number of aliphatic hydroxyl groups excluding tert-OH is 1. The SMILES string of the molecule is COc1ccc(N2C(O)=C(F)[C@@H]2[C@H]2COC(C)(C)O2)cc1. The molecule has 0 unspecified atom stereocenters. The summed E-state index contributed by atoms with van der Waals surface area (Å²) in [6.45, 7) is 3.85. The number of halogens is 1. The average molecular weight is 295 g/mol. The molecule has 5 nitrogen and oxygen atoms in total. The summed E-state index contributed by atoms with van der Waals surface area (Å²) in [6, 6.07) is 6.36. The molecule has 6 heteroatoms. The molecule has 0 aliphatic carbocycles. The highest BCUT2D eigenvalue weighted by atomic mass is 19.1. The Balaban J connectivity index is 1.84. The van der Waals surface area contributed by atoms with Gasteiger partial charge < -0.3 is 19.3 Å². The van der Waals surface area contributed by atoms with Gasteiger partial charge in [0.15, 0.2) is 11.6 Å². The van der Waals surface area contributed by atoms with Gasteiger partial charge in [0.2, 0.25) is 5.88 Å². The number of hydrogen-bond donors (Lipinski definition) is 1. The van der Waals surface area contributed by atoms with Crippen LogP contribution in [-0.2, 0) is 9.47 Å². The molecule has 1 aromatic carbocycles. The number of aliphatic hydroxyl groups is 1. The highest BCUT2D eigenvalue weighted by molar-refractivity contribution is 5.60. The molecule has 0 aromatic heterocycles. The zero-order valence-corrected chi connectivity index (χ0v) is 12.2. The quantitative estimate of drug-likeness (QED) is 0.929. The minimum atomic E-state index is -0.734. The van der Waals surface area contributed by atoms with Gasteiger partial charge in [-0.15, -0.1) is 0 Å². The normalized spacial score (nSPS) is 27.7. The van der Waals surface area contributed by atoms with Crippen molar-refractivity contribution in [1.82, 2.24) is 0 Å². The van der Waals surface area contributed by atoms with Gasteiger partial charge in [-0.05, 0) is 38.1 Å². The second-order valence-electron chi connectivity index (χ2n) is 5.55. The molecule has 0 bridgehead atoms. The summed E-state index contributed by atoms with van der Waals surface area (Å²) >= 11 is 0. The number of methoxy groups -OCH3 is 1. The zero-order chi connectivity index (χ0) is 15.2. The summed E-state index contributed by atoms with van der Waals surface area (Å²) in [5.74, 6) is -0.987. The standard InChI is InChI=1S/C15H18FNO4/c1-15(2)20-8-11(21-15)13-12(16)14(18)17(13)9-4-6-10(19-3)7-5-9/h4-7,11,13,18H,8H2,1-3H3/t11-,13+/m1/s1. The molecule has 1 N–H and O–H groups in total. The number of hydrogen-bond acceptors (Lipinski definition) is 5. The van der Waals surface area contributed by atoms with Crippen molar-refractivity contribution in [1.29, 1.82) is 0 Å². The number of rotatable bonds is 3. The van der Waals surface area contributed by atoms with Gasteiger partial charge in [-0.3, -0.25) is 4.90 Å². The van der Waals surface area contributed by atoms with E-state index in [4.69, 9.17) is 14.2 Å². The van der Waals surface area contributed by atoms with E-state index in [2.05, 4.69) is 0 Å². The van der Waals surface area contributed by atoms with Crippen LogP contribution in [0, 0.1) is 0 Å². The molecule has 2 atom stereocenters. The third-order valence-corrected chi connectivity index (χ3v) is 3.71. The Labute approximate surface area is 122 Å². The predicted molar refractivity (Wildman–Crippen MR) is 74.9 cm³/mol. The summed E-state index contributed by atoms with van der Waals surface area (Å²) in [4.78, 5) is 1.50. The average Bonchev–Trinajstić information content (AvgIpc) is 2.83. The van der Waals surface area contributed by atoms with Crippen LogP contribution in [0.4, 0.5) is 10.1 Å². The van der Waals surface area contributed by atoms with Crippen LogP contribution < -0.4 is 9.64 Å². The van der Waals surface area contributed by atoms with Gasteiger partial charge in [0.25, 0.3) is 0 Å². The zero-order valence-electron chi connectivity index (χ0n) is 12.2. The van der Waals surface area contributed by atoms with E-state index < -0.39 is 23.8 Å². The number of benzene rings is 1. The van der Waals surface area contributed by atoms with E-state index in [1.807, 2.05) is 0 Å². The third kappa shape index (κ3) is 2.34. The lowest BCUT2D eigenvalue weighted by Gasteiger charge is -2.42. The summed E-state index contributed by atoms with van der Waals surface area (Å²) in [5, 5.41) is 9.82. The summed E-state index contributed by atoms with van der Waals surface area (Å²) in [5.41, 5.74) is 0.674. The van der Waals surface area contributed by atoms with Crippen molar-refractivity contribution >= 4 is 5.69 Å². The molecule has 114 valence electrons. The summed E-state index contributed by atoms with van der Waals surface area (Å²) in [7, 11) is 1.57. The first kappa shape index (κ1) is 14.2. The van der Waals surface area contributed by atoms with Crippen LogP contribution in [0.25, 0.3) is 0 Å². The van der Waals surface area contributed by atoms with Crippen molar-refractivity contribution in [2.24, 2.45) is 0 Å². The Bertz CT molecular complexity index is 570. The van der Waals surface area contributed by atoms with E-state index >= 15 is 0 Å². The van der Waals surface area contributed by atoms with Crippen molar-refractivity contribution < 1.29 is 23.7 Å². The molecule has 2 aliphatic heterocycles. The lowest BCUT2D eigenvalue weighted by molar-refractivity contribution is -0.141. The largest absolute Gasteiger partial charge is 0.497 e. The van der Waals surface area contributed by atoms with Crippen molar-refractivity contribution in [2.75, 3.05) is 18.6 Å². The molecule has 0 spiro atoms. The van der Waals surface area contributed by atoms with Gasteiger partial charge in [0.1, 0.15) is 17.9 Å². The van der Waals surface area contributed by atoms with E-state index in [-0.39, 0.29) is 12.5 Å². The monoisotopic (exact) mass is 295 g/mol. The van der Waals surface area contributed by atoms with Crippen LogP contribution in [-0.4, -0.2) is 36.8 Å². The molecule has 0 radical (unpaired) electrons. The van der Waals surface area contributed by atoms with Crippen molar-refractivity contribution in [3.8, 4) is 5.75 Å². The predicted octanol–water partition coefficient (Wildman–Crippen LogP) is 2.73. The van der Waals surface area contributed by atoms with E-state index in [0.717, 1.165) is 0 Å². The fraction of sp³-hybridized carbons (Fsp3) is 0.467. The van der Waals surface area contributed by atoms with Gasteiger partial charge in [-0.25, -0.2) is 4.39 Å².